The Labute approximate surface area is 191 Å². The Balaban J connectivity index is 1.76. The van der Waals surface area contributed by atoms with Crippen molar-refractivity contribution in [2.45, 2.75) is 36.2 Å². The van der Waals surface area contributed by atoms with Crippen LogP contribution in [0.15, 0.2) is 57.3 Å². The van der Waals surface area contributed by atoms with Crippen LogP contribution in [0.1, 0.15) is 13.8 Å². The van der Waals surface area contributed by atoms with Gasteiger partial charge in [-0.05, 0) is 48.4 Å². The van der Waals surface area contributed by atoms with Gasteiger partial charge < -0.3 is 5.32 Å². The van der Waals surface area contributed by atoms with Crippen LogP contribution in [0, 0.1) is 5.92 Å². The SMILES string of the molecule is CC(C)Cn1c(SCC(=O)Nc2ccc(SC(F)F)cc2)nc2cc(Cl)ccc2c1=O. The van der Waals surface area contributed by atoms with E-state index in [0.29, 0.717) is 50.0 Å². The van der Waals surface area contributed by atoms with Gasteiger partial charge in [0.2, 0.25) is 5.91 Å². The monoisotopic (exact) mass is 483 g/mol. The fourth-order valence-corrected chi connectivity index (χ4v) is 4.33. The summed E-state index contributed by atoms with van der Waals surface area (Å²) in [7, 11) is 0. The summed E-state index contributed by atoms with van der Waals surface area (Å²) in [4.78, 5) is 30.3. The van der Waals surface area contributed by atoms with E-state index in [0.717, 1.165) is 11.8 Å². The summed E-state index contributed by atoms with van der Waals surface area (Å²) < 4.78 is 26.4. The average Bonchev–Trinajstić information content (AvgIpc) is 2.69. The number of rotatable bonds is 8. The predicted octanol–water partition coefficient (Wildman–Crippen LogP) is 5.75. The molecule has 0 aliphatic rings. The van der Waals surface area contributed by atoms with Crippen molar-refractivity contribution in [3.8, 4) is 0 Å². The molecule has 0 unspecified atom stereocenters. The van der Waals surface area contributed by atoms with Gasteiger partial charge in [0, 0.05) is 22.2 Å². The molecule has 0 radical (unpaired) electrons. The normalized spacial score (nSPS) is 11.5. The number of fused-ring (bicyclic) bond motifs is 1. The summed E-state index contributed by atoms with van der Waals surface area (Å²) in [5.74, 6) is -2.55. The van der Waals surface area contributed by atoms with Crippen molar-refractivity contribution in [2.75, 3.05) is 11.1 Å². The first-order valence-electron chi connectivity index (χ1n) is 9.40. The lowest BCUT2D eigenvalue weighted by molar-refractivity contribution is -0.113. The third kappa shape index (κ3) is 6.44. The minimum absolute atomic E-state index is 0.0319. The first-order valence-corrected chi connectivity index (χ1v) is 11.6. The zero-order chi connectivity index (χ0) is 22.5. The number of hydrogen-bond donors (Lipinski definition) is 1. The number of carbonyl (C=O) groups excluding carboxylic acids is 1. The molecule has 2 aromatic carbocycles. The molecule has 0 aliphatic heterocycles. The first kappa shape index (κ1) is 23.6. The molecule has 3 aromatic rings. The van der Waals surface area contributed by atoms with Gasteiger partial charge in [-0.25, -0.2) is 4.98 Å². The molecule has 0 aliphatic carbocycles. The van der Waals surface area contributed by atoms with Crippen molar-refractivity contribution >= 4 is 57.6 Å². The van der Waals surface area contributed by atoms with E-state index in [2.05, 4.69) is 10.3 Å². The molecule has 0 saturated heterocycles. The summed E-state index contributed by atoms with van der Waals surface area (Å²) in [6, 6.07) is 11.1. The van der Waals surface area contributed by atoms with E-state index in [1.807, 2.05) is 13.8 Å². The van der Waals surface area contributed by atoms with E-state index in [9.17, 15) is 18.4 Å². The van der Waals surface area contributed by atoms with Gasteiger partial charge in [0.25, 0.3) is 11.3 Å². The number of carbonyl (C=O) groups is 1. The second-order valence-electron chi connectivity index (χ2n) is 7.11. The zero-order valence-electron chi connectivity index (χ0n) is 16.8. The van der Waals surface area contributed by atoms with Crippen LogP contribution in [-0.2, 0) is 11.3 Å². The summed E-state index contributed by atoms with van der Waals surface area (Å²) in [5, 5.41) is 4.11. The predicted molar refractivity (Wildman–Crippen MR) is 124 cm³/mol. The maximum atomic E-state index is 13.0. The van der Waals surface area contributed by atoms with Crippen LogP contribution in [0.4, 0.5) is 14.5 Å². The molecule has 3 rings (SSSR count). The van der Waals surface area contributed by atoms with Gasteiger partial charge in [-0.3, -0.25) is 14.2 Å². The average molecular weight is 484 g/mol. The molecule has 0 bridgehead atoms. The fraction of sp³-hybridized carbons (Fsp3) is 0.286. The molecular formula is C21H20ClF2N3O2S2. The third-order valence-electron chi connectivity index (χ3n) is 4.13. The highest BCUT2D eigenvalue weighted by atomic mass is 35.5. The third-order valence-corrected chi connectivity index (χ3v) is 6.06. The number of anilines is 1. The van der Waals surface area contributed by atoms with E-state index in [-0.39, 0.29) is 23.1 Å². The molecule has 1 N–H and O–H groups in total. The first-order chi connectivity index (χ1) is 14.7. The highest BCUT2D eigenvalue weighted by Gasteiger charge is 2.15. The lowest BCUT2D eigenvalue weighted by Gasteiger charge is -2.15. The van der Waals surface area contributed by atoms with Crippen LogP contribution >= 0.6 is 35.1 Å². The molecule has 5 nitrogen and oxygen atoms in total. The van der Waals surface area contributed by atoms with Crippen LogP contribution in [0.25, 0.3) is 10.9 Å². The molecule has 164 valence electrons. The number of nitrogens with one attached hydrogen (secondary N) is 1. The minimum atomic E-state index is -2.50. The van der Waals surface area contributed by atoms with Gasteiger partial charge in [0.1, 0.15) is 0 Å². The molecule has 0 atom stereocenters. The number of nitrogens with zero attached hydrogens (tertiary/aromatic N) is 2. The van der Waals surface area contributed by atoms with Crippen LogP contribution < -0.4 is 10.9 Å². The number of hydrogen-bond acceptors (Lipinski definition) is 5. The van der Waals surface area contributed by atoms with Gasteiger partial charge in [-0.1, -0.05) is 49.0 Å². The Morgan fingerprint density at radius 2 is 1.90 bits per heavy atom. The number of aromatic nitrogens is 2. The van der Waals surface area contributed by atoms with Crippen molar-refractivity contribution in [1.29, 1.82) is 0 Å². The number of benzene rings is 2. The smallest absolute Gasteiger partial charge is 0.288 e. The molecule has 10 heteroatoms. The highest BCUT2D eigenvalue weighted by Crippen LogP contribution is 2.26. The Morgan fingerprint density at radius 1 is 1.19 bits per heavy atom. The van der Waals surface area contributed by atoms with Crippen molar-refractivity contribution in [3.05, 3.63) is 57.8 Å². The van der Waals surface area contributed by atoms with Gasteiger partial charge in [0.15, 0.2) is 5.16 Å². The Bertz CT molecular complexity index is 1140. The fourth-order valence-electron chi connectivity index (χ4n) is 2.86. The largest absolute Gasteiger partial charge is 0.325 e. The van der Waals surface area contributed by atoms with Crippen molar-refractivity contribution in [3.63, 3.8) is 0 Å². The second-order valence-corrected chi connectivity index (χ2v) is 9.55. The number of alkyl halides is 2. The van der Waals surface area contributed by atoms with E-state index >= 15 is 0 Å². The van der Waals surface area contributed by atoms with Gasteiger partial charge in [-0.15, -0.1) is 0 Å². The number of amides is 1. The number of thioether (sulfide) groups is 2. The van der Waals surface area contributed by atoms with Crippen molar-refractivity contribution in [2.24, 2.45) is 5.92 Å². The van der Waals surface area contributed by atoms with Crippen LogP contribution in [0.2, 0.25) is 5.02 Å². The van der Waals surface area contributed by atoms with E-state index in [1.165, 1.54) is 12.1 Å². The zero-order valence-corrected chi connectivity index (χ0v) is 19.2. The van der Waals surface area contributed by atoms with Gasteiger partial charge in [0.05, 0.1) is 16.7 Å². The molecule has 1 heterocycles. The summed E-state index contributed by atoms with van der Waals surface area (Å²) in [6.07, 6.45) is 0. The van der Waals surface area contributed by atoms with E-state index in [1.54, 1.807) is 34.9 Å². The Morgan fingerprint density at radius 3 is 2.55 bits per heavy atom. The van der Waals surface area contributed by atoms with Gasteiger partial charge in [-0.2, -0.15) is 8.78 Å². The lowest BCUT2D eigenvalue weighted by atomic mass is 10.2. The molecule has 0 saturated carbocycles. The van der Waals surface area contributed by atoms with Gasteiger partial charge >= 0.3 is 0 Å². The summed E-state index contributed by atoms with van der Waals surface area (Å²) in [6.45, 7) is 4.46. The summed E-state index contributed by atoms with van der Waals surface area (Å²) in [5.41, 5.74) is 0.806. The Hall–Kier alpha value is -2.10. The standard InChI is InChI=1S/C21H20ClF2N3O2S2/c1-12(2)10-27-19(29)16-8-3-13(22)9-17(16)26-21(27)30-11-18(28)25-14-4-6-15(7-5-14)31-20(23)24/h3-9,12,20H,10-11H2,1-2H3,(H,25,28). The highest BCUT2D eigenvalue weighted by molar-refractivity contribution is 8.00. The molecule has 1 aromatic heterocycles. The van der Waals surface area contributed by atoms with Crippen molar-refractivity contribution in [1.82, 2.24) is 9.55 Å². The molecule has 31 heavy (non-hydrogen) atoms. The van der Waals surface area contributed by atoms with Crippen LogP contribution in [0.5, 0.6) is 0 Å². The van der Waals surface area contributed by atoms with Crippen LogP contribution in [-0.4, -0.2) is 27.0 Å². The van der Waals surface area contributed by atoms with Crippen LogP contribution in [0.3, 0.4) is 0 Å². The topological polar surface area (TPSA) is 64.0 Å². The van der Waals surface area contributed by atoms with E-state index < -0.39 is 5.76 Å². The minimum Gasteiger partial charge on any atom is -0.325 e. The molecular weight excluding hydrogens is 464 g/mol. The van der Waals surface area contributed by atoms with E-state index in [4.69, 9.17) is 11.6 Å². The maximum Gasteiger partial charge on any atom is 0.288 e. The number of halogens is 3. The molecule has 0 fully saturated rings. The molecule has 1 amide bonds. The quantitative estimate of drug-likeness (QED) is 0.326. The lowest BCUT2D eigenvalue weighted by Crippen LogP contribution is -2.26. The second kappa shape index (κ2) is 10.5. The molecule has 0 spiro atoms. The maximum absolute atomic E-state index is 13.0. The van der Waals surface area contributed by atoms with Crippen molar-refractivity contribution < 1.29 is 13.6 Å². The summed E-state index contributed by atoms with van der Waals surface area (Å²) >= 11 is 7.64. The Kier molecular flexibility index (Phi) is 7.96.